The summed E-state index contributed by atoms with van der Waals surface area (Å²) >= 11 is 0. The molecule has 0 radical (unpaired) electrons. The summed E-state index contributed by atoms with van der Waals surface area (Å²) in [5, 5.41) is 28.2. The number of aromatic amines is 3. The summed E-state index contributed by atoms with van der Waals surface area (Å²) in [4.78, 5) is 69.6. The van der Waals surface area contributed by atoms with Crippen LogP contribution in [0.25, 0.3) is 10.9 Å². The number of carbonyl (C=O) groups is 4. The third-order valence-corrected chi connectivity index (χ3v) is 7.67. The molecule has 2 aromatic carbocycles. The molecule has 4 unspecified atom stereocenters. The van der Waals surface area contributed by atoms with Gasteiger partial charge < -0.3 is 46.8 Å². The van der Waals surface area contributed by atoms with E-state index in [0.717, 1.165) is 16.5 Å². The molecule has 47 heavy (non-hydrogen) atoms. The minimum Gasteiger partial charge on any atom is -0.508 e. The Kier molecular flexibility index (Phi) is 10.3. The Balaban J connectivity index is 1.31. The number of phenols is 1. The van der Waals surface area contributed by atoms with Gasteiger partial charge in [-0.05, 0) is 35.7 Å². The Labute approximate surface area is 268 Å². The highest BCUT2D eigenvalue weighted by Gasteiger charge is 2.31. The predicted molar refractivity (Wildman–Crippen MR) is 170 cm³/mol. The Bertz CT molecular complexity index is 1800. The average Bonchev–Trinajstić information content (AvgIpc) is 3.84. The van der Waals surface area contributed by atoms with Gasteiger partial charge in [-0.3, -0.25) is 14.4 Å². The second kappa shape index (κ2) is 14.9. The largest absolute Gasteiger partial charge is 0.508 e. The summed E-state index contributed by atoms with van der Waals surface area (Å²) in [6, 6.07) is 8.80. The number of aromatic hydroxyl groups is 1. The maximum atomic E-state index is 13.8. The van der Waals surface area contributed by atoms with E-state index in [1.165, 1.54) is 37.2 Å². The number of aliphatic carboxylic acids is 1. The summed E-state index contributed by atoms with van der Waals surface area (Å²) in [6.07, 6.45) is 7.71. The van der Waals surface area contributed by atoms with Crippen molar-refractivity contribution in [3.8, 4) is 5.75 Å². The zero-order valence-corrected chi connectivity index (χ0v) is 25.1. The minimum atomic E-state index is -1.34. The third kappa shape index (κ3) is 8.61. The van der Waals surface area contributed by atoms with E-state index in [2.05, 4.69) is 40.9 Å². The van der Waals surface area contributed by atoms with E-state index < -0.39 is 47.9 Å². The lowest BCUT2D eigenvalue weighted by molar-refractivity contribution is -0.142. The molecular formula is C32H35N9O6. The maximum Gasteiger partial charge on any atom is 0.326 e. The average molecular weight is 642 g/mol. The molecule has 0 fully saturated rings. The molecule has 3 aromatic heterocycles. The number of hydrogen-bond acceptors (Lipinski definition) is 8. The van der Waals surface area contributed by atoms with Crippen molar-refractivity contribution >= 4 is 34.6 Å². The van der Waals surface area contributed by atoms with Crippen LogP contribution < -0.4 is 21.7 Å². The Morgan fingerprint density at radius 2 is 1.30 bits per heavy atom. The number of phenolic OH excluding ortho intramolecular Hbond substituents is 1. The molecule has 15 heteroatoms. The van der Waals surface area contributed by atoms with Gasteiger partial charge in [-0.1, -0.05) is 30.3 Å². The van der Waals surface area contributed by atoms with Crippen LogP contribution in [0.3, 0.4) is 0 Å². The first-order valence-corrected chi connectivity index (χ1v) is 14.8. The van der Waals surface area contributed by atoms with Gasteiger partial charge in [-0.15, -0.1) is 0 Å². The molecule has 0 bridgehead atoms. The van der Waals surface area contributed by atoms with E-state index in [-0.39, 0.29) is 31.4 Å². The van der Waals surface area contributed by atoms with Crippen LogP contribution in [0, 0.1) is 0 Å². The molecule has 4 atom stereocenters. The number of rotatable bonds is 15. The Hall–Kier alpha value is -5.96. The summed E-state index contributed by atoms with van der Waals surface area (Å²) in [7, 11) is 0. The van der Waals surface area contributed by atoms with Gasteiger partial charge in [0.25, 0.3) is 0 Å². The lowest BCUT2D eigenvalue weighted by Crippen LogP contribution is -2.58. The van der Waals surface area contributed by atoms with E-state index in [9.17, 15) is 29.4 Å². The van der Waals surface area contributed by atoms with Crippen LogP contribution in [-0.4, -0.2) is 83.0 Å². The van der Waals surface area contributed by atoms with E-state index in [0.29, 0.717) is 17.0 Å². The third-order valence-electron chi connectivity index (χ3n) is 7.67. The summed E-state index contributed by atoms with van der Waals surface area (Å²) in [5.74, 6) is -3.31. The van der Waals surface area contributed by atoms with Gasteiger partial charge in [0.1, 0.15) is 23.9 Å². The summed E-state index contributed by atoms with van der Waals surface area (Å²) in [6.45, 7) is 0. The fourth-order valence-electron chi connectivity index (χ4n) is 5.17. The van der Waals surface area contributed by atoms with Crippen molar-refractivity contribution in [2.24, 2.45) is 5.73 Å². The Morgan fingerprint density at radius 3 is 1.87 bits per heavy atom. The van der Waals surface area contributed by atoms with Crippen LogP contribution >= 0.6 is 0 Å². The molecule has 10 N–H and O–H groups in total. The number of nitrogens with zero attached hydrogens (tertiary/aromatic N) is 2. The molecule has 5 rings (SSSR count). The first-order valence-electron chi connectivity index (χ1n) is 14.8. The SMILES string of the molecule is NC(Cc1c[nH]c2ccccc12)C(=O)NC(Cc1cnc[nH]1)C(=O)NC(Cc1cnc[nH]1)C(=O)NC(Cc1ccc(O)cc1)C(=O)O. The number of nitrogens with one attached hydrogen (secondary N) is 6. The van der Waals surface area contributed by atoms with Gasteiger partial charge in [0.15, 0.2) is 0 Å². The van der Waals surface area contributed by atoms with Crippen molar-refractivity contribution in [1.29, 1.82) is 0 Å². The first kappa shape index (κ1) is 32.4. The van der Waals surface area contributed by atoms with Crippen molar-refractivity contribution in [3.05, 3.63) is 102 Å². The number of imidazole rings is 2. The predicted octanol–water partition coefficient (Wildman–Crippen LogP) is 0.457. The molecule has 0 spiro atoms. The van der Waals surface area contributed by atoms with E-state index in [1.54, 1.807) is 18.3 Å². The van der Waals surface area contributed by atoms with Crippen molar-refractivity contribution in [1.82, 2.24) is 40.9 Å². The number of carboxylic acid groups (broad SMARTS) is 1. The van der Waals surface area contributed by atoms with Gasteiger partial charge in [0.2, 0.25) is 17.7 Å². The quantitative estimate of drug-likeness (QED) is 0.0769. The number of para-hydroxylation sites is 1. The molecule has 244 valence electrons. The van der Waals surface area contributed by atoms with Crippen LogP contribution in [0.5, 0.6) is 5.75 Å². The van der Waals surface area contributed by atoms with E-state index in [1.807, 2.05) is 24.3 Å². The highest BCUT2D eigenvalue weighted by Crippen LogP contribution is 2.19. The number of fused-ring (bicyclic) bond motifs is 1. The Morgan fingerprint density at radius 1 is 0.723 bits per heavy atom. The molecule has 0 saturated carbocycles. The van der Waals surface area contributed by atoms with Gasteiger partial charge in [-0.25, -0.2) is 14.8 Å². The minimum absolute atomic E-state index is 0.00831. The van der Waals surface area contributed by atoms with Crippen LogP contribution in [0.1, 0.15) is 22.5 Å². The smallest absolute Gasteiger partial charge is 0.326 e. The van der Waals surface area contributed by atoms with Crippen molar-refractivity contribution in [3.63, 3.8) is 0 Å². The lowest BCUT2D eigenvalue weighted by atomic mass is 10.0. The van der Waals surface area contributed by atoms with Gasteiger partial charge >= 0.3 is 5.97 Å². The number of carboxylic acids is 1. The normalized spacial score (nSPS) is 13.7. The molecule has 3 heterocycles. The standard InChI is InChI=1S/C32H35N9O6/c33-24(10-19-13-36-25-4-2-1-3-23(19)25)29(43)39-26(11-20-14-34-16-37-20)30(44)40-27(12-21-15-35-17-38-21)31(45)41-28(32(46)47)9-18-5-7-22(42)8-6-18/h1-8,13-17,24,26-28,36,42H,9-12,33H2,(H,34,37)(H,35,38)(H,39,43)(H,40,44)(H,41,45)(H,46,47). The molecule has 0 aliphatic carbocycles. The molecule has 5 aromatic rings. The number of H-pyrrole nitrogens is 3. The van der Waals surface area contributed by atoms with E-state index >= 15 is 0 Å². The fourth-order valence-corrected chi connectivity index (χ4v) is 5.17. The zero-order valence-electron chi connectivity index (χ0n) is 25.1. The maximum absolute atomic E-state index is 13.8. The molecule has 3 amide bonds. The second-order valence-corrected chi connectivity index (χ2v) is 11.1. The highest BCUT2D eigenvalue weighted by atomic mass is 16.4. The molecule has 0 aliphatic heterocycles. The lowest BCUT2D eigenvalue weighted by Gasteiger charge is -2.25. The number of aromatic nitrogens is 5. The number of amides is 3. The van der Waals surface area contributed by atoms with Crippen molar-refractivity contribution in [2.45, 2.75) is 49.9 Å². The number of nitrogens with two attached hydrogens (primary N) is 1. The number of carbonyl (C=O) groups excluding carboxylic acids is 3. The first-order chi connectivity index (χ1) is 22.7. The monoisotopic (exact) mass is 641 g/mol. The van der Waals surface area contributed by atoms with Crippen LogP contribution in [-0.2, 0) is 44.9 Å². The van der Waals surface area contributed by atoms with Crippen molar-refractivity contribution in [2.75, 3.05) is 0 Å². The van der Waals surface area contributed by atoms with Crippen molar-refractivity contribution < 1.29 is 29.4 Å². The van der Waals surface area contributed by atoms with Crippen LogP contribution in [0.15, 0.2) is 79.8 Å². The molecule has 0 saturated heterocycles. The molecule has 15 nitrogen and oxygen atoms in total. The molecular weight excluding hydrogens is 606 g/mol. The summed E-state index contributed by atoms with van der Waals surface area (Å²) < 4.78 is 0. The highest BCUT2D eigenvalue weighted by molar-refractivity contribution is 5.94. The second-order valence-electron chi connectivity index (χ2n) is 11.1. The number of hydrogen-bond donors (Lipinski definition) is 9. The fraction of sp³-hybridized carbons (Fsp3) is 0.250. The summed E-state index contributed by atoms with van der Waals surface area (Å²) in [5.41, 5.74) is 9.66. The zero-order chi connectivity index (χ0) is 33.3. The van der Waals surface area contributed by atoms with Crippen LogP contribution in [0.4, 0.5) is 0 Å². The van der Waals surface area contributed by atoms with Gasteiger partial charge in [0.05, 0.1) is 18.7 Å². The van der Waals surface area contributed by atoms with Gasteiger partial charge in [-0.2, -0.15) is 0 Å². The van der Waals surface area contributed by atoms with E-state index in [4.69, 9.17) is 5.73 Å². The number of benzene rings is 2. The van der Waals surface area contributed by atoms with Crippen LogP contribution in [0.2, 0.25) is 0 Å². The topological polar surface area (TPSA) is 244 Å². The molecule has 0 aliphatic rings. The van der Waals surface area contributed by atoms with Gasteiger partial charge in [0, 0.05) is 60.1 Å².